The van der Waals surface area contributed by atoms with Crippen LogP contribution in [0.1, 0.15) is 20.8 Å². The fourth-order valence-corrected chi connectivity index (χ4v) is 0.989. The van der Waals surface area contributed by atoms with Crippen molar-refractivity contribution in [3.8, 4) is 0 Å². The summed E-state index contributed by atoms with van der Waals surface area (Å²) in [6.07, 6.45) is -0.146. The molecule has 0 rings (SSSR count). The van der Waals surface area contributed by atoms with E-state index < -0.39 is 5.97 Å². The van der Waals surface area contributed by atoms with Crippen molar-refractivity contribution in [3.05, 3.63) is 12.2 Å². The van der Waals surface area contributed by atoms with E-state index in [0.29, 0.717) is 12.2 Å². The summed E-state index contributed by atoms with van der Waals surface area (Å²) < 4.78 is 15.4. The van der Waals surface area contributed by atoms with Gasteiger partial charge < -0.3 is 14.2 Å². The second-order valence-corrected chi connectivity index (χ2v) is 3.64. The van der Waals surface area contributed by atoms with E-state index in [4.69, 9.17) is 14.2 Å². The smallest absolute Gasteiger partial charge is 0.333 e. The fraction of sp³-hybridized carbons (Fsp3) is 0.727. The summed E-state index contributed by atoms with van der Waals surface area (Å²) in [6.45, 7) is 9.54. The Morgan fingerprint density at radius 1 is 1.33 bits per heavy atom. The van der Waals surface area contributed by atoms with E-state index in [-0.39, 0.29) is 18.8 Å². The van der Waals surface area contributed by atoms with Crippen LogP contribution in [0.3, 0.4) is 0 Å². The molecular weight excluding hydrogens is 196 g/mol. The standard InChI is InChI=1S/C11H20O4/c1-8(2)11(12)14-7-10(6-13-5)15-9(3)4/h9-10H,1,6-7H2,2-5H3. The third-order valence-electron chi connectivity index (χ3n) is 1.57. The molecule has 0 aliphatic rings. The lowest BCUT2D eigenvalue weighted by molar-refractivity contribution is -0.146. The van der Waals surface area contributed by atoms with Crippen LogP contribution in [0.15, 0.2) is 12.2 Å². The van der Waals surface area contributed by atoms with Gasteiger partial charge in [-0.1, -0.05) is 6.58 Å². The van der Waals surface area contributed by atoms with Crippen LogP contribution in [0.2, 0.25) is 0 Å². The third kappa shape index (κ3) is 7.11. The van der Waals surface area contributed by atoms with Crippen LogP contribution < -0.4 is 0 Å². The van der Waals surface area contributed by atoms with Crippen molar-refractivity contribution in [1.82, 2.24) is 0 Å². The minimum atomic E-state index is -0.400. The van der Waals surface area contributed by atoms with Gasteiger partial charge in [0.25, 0.3) is 0 Å². The monoisotopic (exact) mass is 216 g/mol. The molecule has 0 heterocycles. The first-order valence-corrected chi connectivity index (χ1v) is 4.94. The maximum absolute atomic E-state index is 11.1. The van der Waals surface area contributed by atoms with E-state index >= 15 is 0 Å². The van der Waals surface area contributed by atoms with Gasteiger partial charge in [0.15, 0.2) is 0 Å². The van der Waals surface area contributed by atoms with Crippen molar-refractivity contribution in [2.75, 3.05) is 20.3 Å². The molecule has 0 amide bonds. The molecule has 0 saturated heterocycles. The Labute approximate surface area is 91.2 Å². The number of esters is 1. The van der Waals surface area contributed by atoms with E-state index in [2.05, 4.69) is 6.58 Å². The predicted molar refractivity (Wildman–Crippen MR) is 57.7 cm³/mol. The van der Waals surface area contributed by atoms with Gasteiger partial charge in [-0.05, 0) is 20.8 Å². The molecule has 0 fully saturated rings. The largest absolute Gasteiger partial charge is 0.459 e. The maximum atomic E-state index is 11.1. The summed E-state index contributed by atoms with van der Waals surface area (Å²) in [7, 11) is 1.58. The number of methoxy groups -OCH3 is 1. The molecule has 0 aromatic carbocycles. The zero-order chi connectivity index (χ0) is 11.8. The molecule has 1 atom stereocenters. The Morgan fingerprint density at radius 3 is 2.33 bits per heavy atom. The Kier molecular flexibility index (Phi) is 6.99. The minimum absolute atomic E-state index is 0.0775. The SMILES string of the molecule is C=C(C)C(=O)OCC(COC)OC(C)C. The van der Waals surface area contributed by atoms with Gasteiger partial charge in [-0.3, -0.25) is 0 Å². The topological polar surface area (TPSA) is 44.8 Å². The first kappa shape index (κ1) is 14.1. The van der Waals surface area contributed by atoms with Crippen LogP contribution in [0, 0.1) is 0 Å². The quantitative estimate of drug-likeness (QED) is 0.478. The lowest BCUT2D eigenvalue weighted by Crippen LogP contribution is -2.29. The van der Waals surface area contributed by atoms with E-state index in [1.165, 1.54) is 0 Å². The molecule has 4 heteroatoms. The van der Waals surface area contributed by atoms with Crippen molar-refractivity contribution in [2.24, 2.45) is 0 Å². The van der Waals surface area contributed by atoms with Crippen molar-refractivity contribution in [3.63, 3.8) is 0 Å². The highest BCUT2D eigenvalue weighted by Crippen LogP contribution is 2.01. The van der Waals surface area contributed by atoms with Crippen LogP contribution in [-0.2, 0) is 19.0 Å². The van der Waals surface area contributed by atoms with Crippen molar-refractivity contribution in [1.29, 1.82) is 0 Å². The van der Waals surface area contributed by atoms with Crippen molar-refractivity contribution < 1.29 is 19.0 Å². The van der Waals surface area contributed by atoms with Crippen LogP contribution >= 0.6 is 0 Å². The first-order valence-electron chi connectivity index (χ1n) is 4.94. The predicted octanol–water partition coefficient (Wildman–Crippen LogP) is 1.55. The van der Waals surface area contributed by atoms with Crippen LogP contribution in [-0.4, -0.2) is 38.5 Å². The van der Waals surface area contributed by atoms with Crippen molar-refractivity contribution >= 4 is 5.97 Å². The highest BCUT2D eigenvalue weighted by atomic mass is 16.6. The van der Waals surface area contributed by atoms with Gasteiger partial charge in [0, 0.05) is 12.7 Å². The summed E-state index contributed by atoms with van der Waals surface area (Å²) in [4.78, 5) is 11.1. The normalized spacial score (nSPS) is 12.6. The molecule has 1 unspecified atom stereocenters. The molecule has 0 saturated carbocycles. The highest BCUT2D eigenvalue weighted by Gasteiger charge is 2.14. The molecule has 15 heavy (non-hydrogen) atoms. The number of carbonyl (C=O) groups excluding carboxylic acids is 1. The van der Waals surface area contributed by atoms with Gasteiger partial charge in [0.1, 0.15) is 12.7 Å². The average Bonchev–Trinajstić information content (AvgIpc) is 2.13. The highest BCUT2D eigenvalue weighted by molar-refractivity contribution is 5.86. The molecule has 0 bridgehead atoms. The van der Waals surface area contributed by atoms with Crippen LogP contribution in [0.4, 0.5) is 0 Å². The lowest BCUT2D eigenvalue weighted by Gasteiger charge is -2.19. The molecule has 88 valence electrons. The zero-order valence-corrected chi connectivity index (χ0v) is 9.91. The van der Waals surface area contributed by atoms with Crippen molar-refractivity contribution in [2.45, 2.75) is 33.0 Å². The van der Waals surface area contributed by atoms with Crippen LogP contribution in [0.5, 0.6) is 0 Å². The second-order valence-electron chi connectivity index (χ2n) is 3.64. The van der Waals surface area contributed by atoms with E-state index in [9.17, 15) is 4.79 Å². The number of hydrogen-bond donors (Lipinski definition) is 0. The van der Waals surface area contributed by atoms with Gasteiger partial charge >= 0.3 is 5.97 Å². The number of carbonyl (C=O) groups is 1. The summed E-state index contributed by atoms with van der Waals surface area (Å²) in [6, 6.07) is 0. The van der Waals surface area contributed by atoms with Gasteiger partial charge in [-0.25, -0.2) is 4.79 Å². The van der Waals surface area contributed by atoms with Gasteiger partial charge in [-0.2, -0.15) is 0 Å². The Morgan fingerprint density at radius 2 is 1.93 bits per heavy atom. The number of hydrogen-bond acceptors (Lipinski definition) is 4. The molecular formula is C11H20O4. The number of rotatable bonds is 7. The van der Waals surface area contributed by atoms with E-state index in [1.807, 2.05) is 13.8 Å². The lowest BCUT2D eigenvalue weighted by atomic mass is 10.3. The van der Waals surface area contributed by atoms with E-state index in [0.717, 1.165) is 0 Å². The Bertz CT molecular complexity index is 211. The minimum Gasteiger partial charge on any atom is -0.459 e. The number of ether oxygens (including phenoxy) is 3. The molecule has 4 nitrogen and oxygen atoms in total. The molecule has 0 aliphatic heterocycles. The Balaban J connectivity index is 3.94. The van der Waals surface area contributed by atoms with Crippen LogP contribution in [0.25, 0.3) is 0 Å². The van der Waals surface area contributed by atoms with E-state index in [1.54, 1.807) is 14.0 Å². The molecule has 0 N–H and O–H groups in total. The summed E-state index contributed by atoms with van der Waals surface area (Å²) >= 11 is 0. The molecule has 0 aliphatic carbocycles. The van der Waals surface area contributed by atoms with Gasteiger partial charge in [0.05, 0.1) is 12.7 Å². The summed E-state index contributed by atoms with van der Waals surface area (Å²) in [5.74, 6) is -0.400. The second kappa shape index (κ2) is 7.43. The molecule has 0 radical (unpaired) electrons. The van der Waals surface area contributed by atoms with Gasteiger partial charge in [0.2, 0.25) is 0 Å². The summed E-state index contributed by atoms with van der Waals surface area (Å²) in [5.41, 5.74) is 0.385. The molecule has 0 spiro atoms. The zero-order valence-electron chi connectivity index (χ0n) is 9.91. The molecule has 0 aromatic rings. The maximum Gasteiger partial charge on any atom is 0.333 e. The average molecular weight is 216 g/mol. The third-order valence-corrected chi connectivity index (χ3v) is 1.57. The fourth-order valence-electron chi connectivity index (χ4n) is 0.989. The Hall–Kier alpha value is -0.870. The first-order chi connectivity index (χ1) is 6.97. The van der Waals surface area contributed by atoms with Gasteiger partial charge in [-0.15, -0.1) is 0 Å². The summed E-state index contributed by atoms with van der Waals surface area (Å²) in [5, 5.41) is 0. The molecule has 0 aromatic heterocycles.